The summed E-state index contributed by atoms with van der Waals surface area (Å²) in [5, 5.41) is 11.6. The van der Waals surface area contributed by atoms with E-state index in [0.29, 0.717) is 29.1 Å². The third-order valence-electron chi connectivity index (χ3n) is 2.59. The fraction of sp³-hybridized carbons (Fsp3) is 0.444. The molecule has 9 heteroatoms. The number of rotatable bonds is 2. The van der Waals surface area contributed by atoms with Crippen LogP contribution >= 0.6 is 22.6 Å². The summed E-state index contributed by atoms with van der Waals surface area (Å²) in [6.07, 6.45) is 0.856. The zero-order valence-corrected chi connectivity index (χ0v) is 11.5. The van der Waals surface area contributed by atoms with E-state index in [0.717, 1.165) is 0 Å². The van der Waals surface area contributed by atoms with Gasteiger partial charge in [0.2, 0.25) is 0 Å². The summed E-state index contributed by atoms with van der Waals surface area (Å²) in [5.41, 5.74) is 5.33. The van der Waals surface area contributed by atoms with Gasteiger partial charge < -0.3 is 25.6 Å². The minimum atomic E-state index is -0.499. The van der Waals surface area contributed by atoms with Gasteiger partial charge in [0.05, 0.1) is 19.5 Å². The van der Waals surface area contributed by atoms with Crippen LogP contribution in [0.5, 0.6) is 0 Å². The van der Waals surface area contributed by atoms with Crippen molar-refractivity contribution in [2.75, 3.05) is 24.6 Å². The van der Waals surface area contributed by atoms with Crippen molar-refractivity contribution in [1.29, 1.82) is 0 Å². The summed E-state index contributed by atoms with van der Waals surface area (Å²) in [7, 11) is 0. The molecule has 0 aromatic carbocycles. The third kappa shape index (κ3) is 2.56. The maximum absolute atomic E-state index is 11.5. The number of morpholine rings is 1. The zero-order valence-electron chi connectivity index (χ0n) is 9.34. The highest BCUT2D eigenvalue weighted by Gasteiger charge is 2.26. The molecule has 98 valence electrons. The van der Waals surface area contributed by atoms with Crippen LogP contribution in [0.25, 0.3) is 0 Å². The summed E-state index contributed by atoms with van der Waals surface area (Å²) in [4.78, 5) is 20.0. The van der Waals surface area contributed by atoms with E-state index in [1.54, 1.807) is 0 Å². The summed E-state index contributed by atoms with van der Waals surface area (Å²) in [6, 6.07) is 0. The highest BCUT2D eigenvalue weighted by molar-refractivity contribution is 14.1. The van der Waals surface area contributed by atoms with Gasteiger partial charge in [-0.25, -0.2) is 4.98 Å². The lowest BCUT2D eigenvalue weighted by molar-refractivity contribution is 0.0803. The zero-order chi connectivity index (χ0) is 13.1. The van der Waals surface area contributed by atoms with E-state index < -0.39 is 6.10 Å². The van der Waals surface area contributed by atoms with Crippen LogP contribution in [-0.2, 0) is 4.74 Å². The molecular formula is C9H12IN5O3. The van der Waals surface area contributed by atoms with Gasteiger partial charge in [-0.15, -0.1) is 0 Å². The molecule has 0 radical (unpaired) electrons. The molecule has 1 fully saturated rings. The fourth-order valence-electron chi connectivity index (χ4n) is 1.68. The lowest BCUT2D eigenvalue weighted by Gasteiger charge is -2.33. The molecule has 1 aromatic heterocycles. The Hall–Kier alpha value is -1.36. The first kappa shape index (κ1) is 13.1. The fourth-order valence-corrected chi connectivity index (χ4v) is 2.32. The molecule has 18 heavy (non-hydrogen) atoms. The van der Waals surface area contributed by atoms with Crippen molar-refractivity contribution in [2.24, 2.45) is 10.9 Å². The standard InChI is InChI=1S/C9H12IN5O3/c10-6-8(12-4-13-9(6)16)15-1-2-18-5(3-15)7(11)14-17/h4-5,17H,1-3H2,(H2,11,14)(H,12,13,16). The first-order chi connectivity index (χ1) is 8.63. The molecule has 0 amide bonds. The molecule has 0 spiro atoms. The van der Waals surface area contributed by atoms with Gasteiger partial charge in [-0.3, -0.25) is 4.79 Å². The molecule has 1 atom stereocenters. The maximum atomic E-state index is 11.5. The number of oxime groups is 1. The van der Waals surface area contributed by atoms with Crippen LogP contribution < -0.4 is 16.2 Å². The van der Waals surface area contributed by atoms with Crippen LogP contribution in [0, 0.1) is 3.57 Å². The van der Waals surface area contributed by atoms with Gasteiger partial charge in [-0.05, 0) is 22.6 Å². The van der Waals surface area contributed by atoms with Crippen LogP contribution in [0.1, 0.15) is 0 Å². The maximum Gasteiger partial charge on any atom is 0.266 e. The average molecular weight is 365 g/mol. The number of aromatic amines is 1. The van der Waals surface area contributed by atoms with E-state index in [4.69, 9.17) is 15.7 Å². The van der Waals surface area contributed by atoms with E-state index in [1.807, 2.05) is 27.5 Å². The Morgan fingerprint density at radius 3 is 3.28 bits per heavy atom. The van der Waals surface area contributed by atoms with Crippen molar-refractivity contribution < 1.29 is 9.94 Å². The molecule has 4 N–H and O–H groups in total. The van der Waals surface area contributed by atoms with Crippen molar-refractivity contribution in [1.82, 2.24) is 9.97 Å². The van der Waals surface area contributed by atoms with Crippen LogP contribution in [0.3, 0.4) is 0 Å². The number of ether oxygens (including phenoxy) is 1. The van der Waals surface area contributed by atoms with Gasteiger partial charge in [0.15, 0.2) is 5.84 Å². The Kier molecular flexibility index (Phi) is 4.01. The number of hydrogen-bond acceptors (Lipinski definition) is 6. The van der Waals surface area contributed by atoms with Crippen LogP contribution in [0.15, 0.2) is 16.3 Å². The molecule has 2 heterocycles. The number of halogens is 1. The predicted molar refractivity (Wildman–Crippen MR) is 72.9 cm³/mol. The van der Waals surface area contributed by atoms with E-state index >= 15 is 0 Å². The molecule has 8 nitrogen and oxygen atoms in total. The lowest BCUT2D eigenvalue weighted by atomic mass is 10.2. The van der Waals surface area contributed by atoms with Gasteiger partial charge in [-0.2, -0.15) is 0 Å². The summed E-state index contributed by atoms with van der Waals surface area (Å²) in [6.45, 7) is 1.41. The summed E-state index contributed by atoms with van der Waals surface area (Å²) < 4.78 is 5.89. The molecular weight excluding hydrogens is 353 g/mol. The van der Waals surface area contributed by atoms with E-state index in [1.165, 1.54) is 6.33 Å². The normalized spacial score (nSPS) is 21.1. The lowest BCUT2D eigenvalue weighted by Crippen LogP contribution is -2.49. The Morgan fingerprint density at radius 1 is 1.78 bits per heavy atom. The SMILES string of the molecule is NC(=NO)C1CN(c2nc[nH]c(=O)c2I)CCO1. The van der Waals surface area contributed by atoms with Crippen molar-refractivity contribution in [2.45, 2.75) is 6.10 Å². The number of hydrogen-bond donors (Lipinski definition) is 3. The number of nitrogens with one attached hydrogen (secondary N) is 1. The molecule has 1 aliphatic rings. The average Bonchev–Trinajstić information content (AvgIpc) is 2.41. The first-order valence-electron chi connectivity index (χ1n) is 5.20. The summed E-state index contributed by atoms with van der Waals surface area (Å²) >= 11 is 1.94. The first-order valence-corrected chi connectivity index (χ1v) is 6.28. The Balaban J connectivity index is 2.23. The second-order valence-corrected chi connectivity index (χ2v) is 4.78. The topological polar surface area (TPSA) is 117 Å². The van der Waals surface area contributed by atoms with E-state index in [-0.39, 0.29) is 11.4 Å². The van der Waals surface area contributed by atoms with Crippen molar-refractivity contribution in [3.8, 4) is 0 Å². The van der Waals surface area contributed by atoms with Gasteiger partial charge in [0.25, 0.3) is 5.56 Å². The number of H-pyrrole nitrogens is 1. The van der Waals surface area contributed by atoms with Gasteiger partial charge in [0, 0.05) is 6.54 Å². The highest BCUT2D eigenvalue weighted by atomic mass is 127. The van der Waals surface area contributed by atoms with Crippen LogP contribution in [-0.4, -0.2) is 46.8 Å². The summed E-state index contributed by atoms with van der Waals surface area (Å²) in [5.74, 6) is 0.595. The molecule has 1 saturated heterocycles. The molecule has 1 unspecified atom stereocenters. The Bertz CT molecular complexity index is 517. The number of aromatic nitrogens is 2. The minimum Gasteiger partial charge on any atom is -0.409 e. The highest BCUT2D eigenvalue weighted by Crippen LogP contribution is 2.18. The van der Waals surface area contributed by atoms with Crippen molar-refractivity contribution >= 4 is 34.2 Å². The number of nitrogens with zero attached hydrogens (tertiary/aromatic N) is 3. The molecule has 0 saturated carbocycles. The molecule has 2 rings (SSSR count). The largest absolute Gasteiger partial charge is 0.409 e. The second-order valence-electron chi connectivity index (χ2n) is 3.70. The quantitative estimate of drug-likeness (QED) is 0.210. The monoisotopic (exact) mass is 365 g/mol. The number of nitrogens with two attached hydrogens (primary N) is 1. The molecule has 1 aromatic rings. The number of amidine groups is 1. The second kappa shape index (κ2) is 5.52. The Labute approximate surface area is 116 Å². The van der Waals surface area contributed by atoms with Crippen molar-refractivity contribution in [3.63, 3.8) is 0 Å². The smallest absolute Gasteiger partial charge is 0.266 e. The van der Waals surface area contributed by atoms with E-state index in [2.05, 4.69) is 15.1 Å². The molecule has 0 aliphatic carbocycles. The third-order valence-corrected chi connectivity index (χ3v) is 3.56. The van der Waals surface area contributed by atoms with Crippen LogP contribution in [0.4, 0.5) is 5.82 Å². The molecule has 1 aliphatic heterocycles. The van der Waals surface area contributed by atoms with E-state index in [9.17, 15) is 4.79 Å². The van der Waals surface area contributed by atoms with Gasteiger partial charge >= 0.3 is 0 Å². The predicted octanol–water partition coefficient (Wildman–Crippen LogP) is -0.674. The van der Waals surface area contributed by atoms with Gasteiger partial charge in [0.1, 0.15) is 15.5 Å². The number of anilines is 1. The molecule has 0 bridgehead atoms. The minimum absolute atomic E-state index is 0.0135. The van der Waals surface area contributed by atoms with Gasteiger partial charge in [-0.1, -0.05) is 5.16 Å². The van der Waals surface area contributed by atoms with Crippen molar-refractivity contribution in [3.05, 3.63) is 20.3 Å². The Morgan fingerprint density at radius 2 is 2.56 bits per heavy atom. The van der Waals surface area contributed by atoms with Crippen LogP contribution in [0.2, 0.25) is 0 Å².